The highest BCUT2D eigenvalue weighted by Gasteiger charge is 2.29. The van der Waals surface area contributed by atoms with E-state index >= 15 is 0 Å². The van der Waals surface area contributed by atoms with Gasteiger partial charge >= 0.3 is 6.09 Å². The summed E-state index contributed by atoms with van der Waals surface area (Å²) in [5.41, 5.74) is 2.63. The van der Waals surface area contributed by atoms with Crippen LogP contribution in [0, 0.1) is 0 Å². The maximum absolute atomic E-state index is 11.9. The minimum atomic E-state index is -0.700. The standard InChI is InChI=1S/C14H18N2O3/c1-10(13(17)15-14(18)19-2)16-8-7-11-5-3-4-6-12(11)9-16/h3-6,10H,7-9H2,1-2H3,(H,15,17,18)/p+1/t10-/m1/s1. The van der Waals surface area contributed by atoms with E-state index in [2.05, 4.69) is 22.2 Å². The fourth-order valence-corrected chi connectivity index (χ4v) is 2.42. The topological polar surface area (TPSA) is 59.8 Å². The number of imide groups is 1. The molecule has 0 aromatic heterocycles. The van der Waals surface area contributed by atoms with Crippen LogP contribution >= 0.6 is 0 Å². The molecule has 0 radical (unpaired) electrons. The van der Waals surface area contributed by atoms with E-state index in [1.165, 1.54) is 23.1 Å². The quantitative estimate of drug-likeness (QED) is 0.783. The first-order valence-corrected chi connectivity index (χ1v) is 6.42. The number of methoxy groups -OCH3 is 1. The number of alkyl carbamates (subject to hydrolysis) is 1. The van der Waals surface area contributed by atoms with E-state index < -0.39 is 6.09 Å². The molecule has 1 aliphatic rings. The van der Waals surface area contributed by atoms with Crippen molar-refractivity contribution >= 4 is 12.0 Å². The second-order valence-corrected chi connectivity index (χ2v) is 4.81. The molecule has 0 saturated heterocycles. The number of quaternary nitrogens is 1. The van der Waals surface area contributed by atoms with Crippen molar-refractivity contribution in [1.29, 1.82) is 0 Å². The number of fused-ring (bicyclic) bond motifs is 1. The Morgan fingerprint density at radius 2 is 2.00 bits per heavy atom. The SMILES string of the molecule is COC(=O)NC(=O)[C@@H](C)[NH+]1CCc2ccccc2C1. The monoisotopic (exact) mass is 263 g/mol. The molecule has 0 saturated carbocycles. The molecule has 2 N–H and O–H groups in total. The van der Waals surface area contributed by atoms with Crippen molar-refractivity contribution < 1.29 is 19.2 Å². The minimum Gasteiger partial charge on any atom is -0.453 e. The Morgan fingerprint density at radius 1 is 1.32 bits per heavy atom. The molecule has 0 spiro atoms. The van der Waals surface area contributed by atoms with Gasteiger partial charge in [-0.05, 0) is 12.5 Å². The maximum atomic E-state index is 11.9. The molecular formula is C14H19N2O3+. The van der Waals surface area contributed by atoms with E-state index in [9.17, 15) is 9.59 Å². The molecule has 1 aromatic carbocycles. The van der Waals surface area contributed by atoms with Gasteiger partial charge in [0.05, 0.1) is 13.7 Å². The lowest BCUT2D eigenvalue weighted by atomic mass is 9.99. The lowest BCUT2D eigenvalue weighted by molar-refractivity contribution is -0.929. The van der Waals surface area contributed by atoms with Crippen molar-refractivity contribution in [3.8, 4) is 0 Å². The zero-order valence-electron chi connectivity index (χ0n) is 11.2. The van der Waals surface area contributed by atoms with Gasteiger partial charge in [-0.3, -0.25) is 10.1 Å². The van der Waals surface area contributed by atoms with Crippen LogP contribution in [0.3, 0.4) is 0 Å². The van der Waals surface area contributed by atoms with Crippen LogP contribution in [0.5, 0.6) is 0 Å². The summed E-state index contributed by atoms with van der Waals surface area (Å²) in [5, 5.41) is 2.23. The molecule has 2 amide bonds. The molecule has 1 unspecified atom stereocenters. The Labute approximate surface area is 112 Å². The average Bonchev–Trinajstić information content (AvgIpc) is 2.45. The van der Waals surface area contributed by atoms with Gasteiger partial charge < -0.3 is 9.64 Å². The first-order chi connectivity index (χ1) is 9.11. The highest BCUT2D eigenvalue weighted by molar-refractivity contribution is 5.93. The zero-order valence-corrected chi connectivity index (χ0v) is 11.2. The average molecular weight is 263 g/mol. The Bertz CT molecular complexity index is 487. The van der Waals surface area contributed by atoms with Gasteiger partial charge in [0.1, 0.15) is 6.54 Å². The molecule has 0 bridgehead atoms. The van der Waals surface area contributed by atoms with E-state index in [-0.39, 0.29) is 11.9 Å². The Hall–Kier alpha value is -1.88. The predicted molar refractivity (Wildman–Crippen MR) is 69.7 cm³/mol. The zero-order chi connectivity index (χ0) is 13.8. The van der Waals surface area contributed by atoms with Crippen LogP contribution in [-0.4, -0.2) is 31.7 Å². The van der Waals surface area contributed by atoms with Crippen molar-refractivity contribution in [3.05, 3.63) is 35.4 Å². The number of ether oxygens (including phenoxy) is 1. The number of rotatable bonds is 2. The van der Waals surface area contributed by atoms with Crippen molar-refractivity contribution in [3.63, 3.8) is 0 Å². The first kappa shape index (κ1) is 13.5. The van der Waals surface area contributed by atoms with Crippen LogP contribution < -0.4 is 10.2 Å². The van der Waals surface area contributed by atoms with Crippen LogP contribution in [0.15, 0.2) is 24.3 Å². The van der Waals surface area contributed by atoms with Gasteiger partial charge in [0.2, 0.25) is 0 Å². The normalized spacial score (nSPS) is 19.2. The molecule has 1 aromatic rings. The van der Waals surface area contributed by atoms with E-state index in [1.54, 1.807) is 0 Å². The highest BCUT2D eigenvalue weighted by atomic mass is 16.5. The summed E-state index contributed by atoms with van der Waals surface area (Å²) in [6.45, 7) is 3.54. The fourth-order valence-electron chi connectivity index (χ4n) is 2.42. The third-order valence-electron chi connectivity index (χ3n) is 3.67. The molecule has 0 fully saturated rings. The van der Waals surface area contributed by atoms with E-state index in [0.29, 0.717) is 0 Å². The molecular weight excluding hydrogens is 244 g/mol. The largest absolute Gasteiger partial charge is 0.453 e. The fraction of sp³-hybridized carbons (Fsp3) is 0.429. The number of hydrogen-bond acceptors (Lipinski definition) is 3. The number of benzene rings is 1. The summed E-state index contributed by atoms with van der Waals surface area (Å²) in [6, 6.07) is 8.01. The van der Waals surface area contributed by atoms with E-state index in [1.807, 2.05) is 19.1 Å². The molecule has 1 heterocycles. The summed E-state index contributed by atoms with van der Waals surface area (Å²) < 4.78 is 4.43. The second kappa shape index (κ2) is 5.84. The number of nitrogens with one attached hydrogen (secondary N) is 2. The van der Waals surface area contributed by atoms with Crippen molar-refractivity contribution in [2.75, 3.05) is 13.7 Å². The van der Waals surface area contributed by atoms with Crippen LogP contribution in [0.2, 0.25) is 0 Å². The number of carbonyl (C=O) groups is 2. The molecule has 2 atom stereocenters. The minimum absolute atomic E-state index is 0.271. The summed E-state index contributed by atoms with van der Waals surface area (Å²) >= 11 is 0. The van der Waals surface area contributed by atoms with Gasteiger partial charge in [0.25, 0.3) is 5.91 Å². The van der Waals surface area contributed by atoms with Gasteiger partial charge in [-0.25, -0.2) is 4.79 Å². The lowest BCUT2D eigenvalue weighted by Crippen LogP contribution is -3.16. The number of carbonyl (C=O) groups excluding carboxylic acids is 2. The van der Waals surface area contributed by atoms with Crippen LogP contribution in [0.1, 0.15) is 18.1 Å². The van der Waals surface area contributed by atoms with Crippen LogP contribution in [-0.2, 0) is 22.5 Å². The Balaban J connectivity index is 2.00. The van der Waals surface area contributed by atoms with Crippen molar-refractivity contribution in [2.24, 2.45) is 0 Å². The lowest BCUT2D eigenvalue weighted by Gasteiger charge is -2.29. The smallest absolute Gasteiger partial charge is 0.413 e. The third-order valence-corrected chi connectivity index (χ3v) is 3.67. The number of amides is 2. The van der Waals surface area contributed by atoms with E-state index in [4.69, 9.17) is 0 Å². The summed E-state index contributed by atoms with van der Waals surface area (Å²) in [4.78, 5) is 24.1. The van der Waals surface area contributed by atoms with Crippen LogP contribution in [0.25, 0.3) is 0 Å². The van der Waals surface area contributed by atoms with E-state index in [0.717, 1.165) is 19.5 Å². The second-order valence-electron chi connectivity index (χ2n) is 4.81. The third kappa shape index (κ3) is 3.12. The van der Waals surface area contributed by atoms with Gasteiger partial charge in [-0.15, -0.1) is 0 Å². The van der Waals surface area contributed by atoms with Gasteiger partial charge in [0.15, 0.2) is 6.04 Å². The van der Waals surface area contributed by atoms with Crippen molar-refractivity contribution in [1.82, 2.24) is 5.32 Å². The molecule has 0 aliphatic carbocycles. The summed E-state index contributed by atoms with van der Waals surface area (Å²) in [6.07, 6.45) is 0.259. The summed E-state index contributed by atoms with van der Waals surface area (Å²) in [7, 11) is 1.25. The van der Waals surface area contributed by atoms with Crippen molar-refractivity contribution in [2.45, 2.75) is 25.9 Å². The molecule has 1 aliphatic heterocycles. The summed E-state index contributed by atoms with van der Waals surface area (Å²) in [5.74, 6) is -0.291. The molecule has 2 rings (SSSR count). The Morgan fingerprint density at radius 3 is 2.68 bits per heavy atom. The van der Waals surface area contributed by atoms with Gasteiger partial charge in [0, 0.05) is 12.0 Å². The first-order valence-electron chi connectivity index (χ1n) is 6.42. The molecule has 102 valence electrons. The van der Waals surface area contributed by atoms with Gasteiger partial charge in [-0.2, -0.15) is 0 Å². The molecule has 19 heavy (non-hydrogen) atoms. The van der Waals surface area contributed by atoms with Gasteiger partial charge in [-0.1, -0.05) is 24.3 Å². The Kier molecular flexibility index (Phi) is 4.16. The highest BCUT2D eigenvalue weighted by Crippen LogP contribution is 2.10. The number of hydrogen-bond donors (Lipinski definition) is 2. The van der Waals surface area contributed by atoms with Crippen LogP contribution in [0.4, 0.5) is 4.79 Å². The predicted octanol–water partition coefficient (Wildman–Crippen LogP) is -0.101. The molecule has 5 heteroatoms. The molecule has 5 nitrogen and oxygen atoms in total. The maximum Gasteiger partial charge on any atom is 0.413 e.